The largest absolute Gasteiger partial charge is 0.392 e. The molecule has 1 unspecified atom stereocenters. The molecular weight excluding hydrogens is 268 g/mol. The van der Waals surface area contributed by atoms with E-state index in [1.54, 1.807) is 13.0 Å². The third-order valence-corrected chi connectivity index (χ3v) is 5.51. The monoisotopic (exact) mass is 286 g/mol. The van der Waals surface area contributed by atoms with Crippen LogP contribution in [0.25, 0.3) is 0 Å². The van der Waals surface area contributed by atoms with Crippen LogP contribution in [-0.4, -0.2) is 25.7 Å². The lowest BCUT2D eigenvalue weighted by atomic mass is 10.2. The van der Waals surface area contributed by atoms with Crippen molar-refractivity contribution in [2.24, 2.45) is 5.73 Å². The molecule has 1 rings (SSSR count). The molecular formula is C12H18N2O2S2. The van der Waals surface area contributed by atoms with Gasteiger partial charge in [0.1, 0.15) is 5.25 Å². The Bertz CT molecular complexity index is 541. The normalized spacial score (nSPS) is 13.1. The van der Waals surface area contributed by atoms with Gasteiger partial charge in [0.15, 0.2) is 0 Å². The van der Waals surface area contributed by atoms with Crippen LogP contribution < -0.4 is 10.0 Å². The Balaban J connectivity index is 3.16. The van der Waals surface area contributed by atoms with Crippen LogP contribution in [0, 0.1) is 6.92 Å². The van der Waals surface area contributed by atoms with E-state index >= 15 is 0 Å². The van der Waals surface area contributed by atoms with Crippen molar-refractivity contribution in [2.75, 3.05) is 11.4 Å². The van der Waals surface area contributed by atoms with Crippen LogP contribution >= 0.6 is 12.2 Å². The zero-order valence-corrected chi connectivity index (χ0v) is 12.4. The number of anilines is 1. The summed E-state index contributed by atoms with van der Waals surface area (Å²) in [5.41, 5.74) is 7.12. The summed E-state index contributed by atoms with van der Waals surface area (Å²) in [6.45, 7) is 3.67. The summed E-state index contributed by atoms with van der Waals surface area (Å²) in [5.74, 6) is 0. The van der Waals surface area contributed by atoms with E-state index in [-0.39, 0.29) is 4.99 Å². The average Bonchev–Trinajstić information content (AvgIpc) is 2.27. The molecule has 18 heavy (non-hydrogen) atoms. The SMILES string of the molecule is CCC(C(N)=S)S(=O)(=O)N(C)c1cccc(C)c1. The van der Waals surface area contributed by atoms with Gasteiger partial charge in [-0.25, -0.2) is 8.42 Å². The summed E-state index contributed by atoms with van der Waals surface area (Å²) in [4.78, 5) is 0.0111. The fraction of sp³-hybridized carbons (Fsp3) is 0.417. The second kappa shape index (κ2) is 5.67. The fourth-order valence-electron chi connectivity index (χ4n) is 1.72. The van der Waals surface area contributed by atoms with Crippen LogP contribution in [0.1, 0.15) is 18.9 Å². The first kappa shape index (κ1) is 14.9. The molecule has 4 nitrogen and oxygen atoms in total. The standard InChI is InChI=1S/C12H18N2O2S2/c1-4-11(12(13)17)18(15,16)14(3)10-7-5-6-9(2)8-10/h5-8,11H,4H2,1-3H3,(H2,13,17). The predicted octanol–water partition coefficient (Wildman–Crippen LogP) is 1.83. The number of nitrogens with zero attached hydrogens (tertiary/aromatic N) is 1. The van der Waals surface area contributed by atoms with Gasteiger partial charge in [-0.1, -0.05) is 31.3 Å². The van der Waals surface area contributed by atoms with Crippen molar-refractivity contribution in [3.8, 4) is 0 Å². The number of benzene rings is 1. The van der Waals surface area contributed by atoms with Gasteiger partial charge in [0, 0.05) is 7.05 Å². The second-order valence-corrected chi connectivity index (χ2v) is 6.77. The lowest BCUT2D eigenvalue weighted by Crippen LogP contribution is -2.42. The van der Waals surface area contributed by atoms with Crippen molar-refractivity contribution in [3.63, 3.8) is 0 Å². The molecule has 0 spiro atoms. The van der Waals surface area contributed by atoms with Crippen LogP contribution in [0.4, 0.5) is 5.69 Å². The van der Waals surface area contributed by atoms with Crippen LogP contribution in [0.5, 0.6) is 0 Å². The fourth-order valence-corrected chi connectivity index (χ4v) is 3.76. The third-order valence-electron chi connectivity index (χ3n) is 2.79. The van der Waals surface area contributed by atoms with E-state index < -0.39 is 15.3 Å². The maximum Gasteiger partial charge on any atom is 0.244 e. The second-order valence-electron chi connectivity index (χ2n) is 4.15. The maximum atomic E-state index is 12.4. The molecule has 0 aliphatic carbocycles. The average molecular weight is 286 g/mol. The number of rotatable bonds is 5. The highest BCUT2D eigenvalue weighted by Gasteiger charge is 2.30. The van der Waals surface area contributed by atoms with Crippen molar-refractivity contribution in [3.05, 3.63) is 29.8 Å². The van der Waals surface area contributed by atoms with Crippen LogP contribution in [0.15, 0.2) is 24.3 Å². The highest BCUT2D eigenvalue weighted by Crippen LogP contribution is 2.21. The summed E-state index contributed by atoms with van der Waals surface area (Å²) in [6.07, 6.45) is 0.369. The zero-order valence-electron chi connectivity index (χ0n) is 10.8. The summed E-state index contributed by atoms with van der Waals surface area (Å²) in [6, 6.07) is 7.29. The highest BCUT2D eigenvalue weighted by atomic mass is 32.2. The van der Waals surface area contributed by atoms with Crippen molar-refractivity contribution < 1.29 is 8.42 Å². The molecule has 0 saturated carbocycles. The Morgan fingerprint density at radius 3 is 2.56 bits per heavy atom. The molecule has 0 aliphatic heterocycles. The molecule has 0 aromatic heterocycles. The van der Waals surface area contributed by atoms with Gasteiger partial charge in [0.25, 0.3) is 0 Å². The lowest BCUT2D eigenvalue weighted by Gasteiger charge is -2.24. The van der Waals surface area contributed by atoms with E-state index in [1.807, 2.05) is 25.1 Å². The van der Waals surface area contributed by atoms with Gasteiger partial charge in [-0.2, -0.15) is 0 Å². The molecule has 1 aromatic rings. The van der Waals surface area contributed by atoms with Crippen LogP contribution in [0.3, 0.4) is 0 Å². The van der Waals surface area contributed by atoms with Crippen LogP contribution in [-0.2, 0) is 10.0 Å². The molecule has 0 aliphatic rings. The molecule has 0 bridgehead atoms. The minimum atomic E-state index is -3.55. The van der Waals surface area contributed by atoms with E-state index in [4.69, 9.17) is 18.0 Å². The highest BCUT2D eigenvalue weighted by molar-refractivity contribution is 7.95. The van der Waals surface area contributed by atoms with Gasteiger partial charge in [-0.05, 0) is 31.0 Å². The third kappa shape index (κ3) is 3.00. The minimum Gasteiger partial charge on any atom is -0.392 e. The molecule has 0 radical (unpaired) electrons. The van der Waals surface area contributed by atoms with E-state index in [2.05, 4.69) is 0 Å². The number of hydrogen-bond donors (Lipinski definition) is 1. The first-order chi connectivity index (χ1) is 8.30. The molecule has 0 saturated heterocycles. The Hall–Kier alpha value is -1.14. The molecule has 1 aromatic carbocycles. The Kier molecular flexibility index (Phi) is 4.70. The zero-order chi connectivity index (χ0) is 13.9. The van der Waals surface area contributed by atoms with Gasteiger partial charge in [-0.15, -0.1) is 0 Å². The predicted molar refractivity (Wildman–Crippen MR) is 79.4 cm³/mol. The molecule has 6 heteroatoms. The van der Waals surface area contributed by atoms with Crippen molar-refractivity contribution in [2.45, 2.75) is 25.5 Å². The number of sulfonamides is 1. The number of hydrogen-bond acceptors (Lipinski definition) is 3. The van der Waals surface area contributed by atoms with Gasteiger partial charge >= 0.3 is 0 Å². The molecule has 1 atom stereocenters. The van der Waals surface area contributed by atoms with Crippen LogP contribution in [0.2, 0.25) is 0 Å². The van der Waals surface area contributed by atoms with Gasteiger partial charge in [-0.3, -0.25) is 4.31 Å². The van der Waals surface area contributed by atoms with E-state index in [9.17, 15) is 8.42 Å². The van der Waals surface area contributed by atoms with Crippen molar-refractivity contribution >= 4 is 32.9 Å². The molecule has 0 heterocycles. The van der Waals surface area contributed by atoms with Gasteiger partial charge in [0.2, 0.25) is 10.0 Å². The van der Waals surface area contributed by atoms with E-state index in [0.29, 0.717) is 12.1 Å². The van der Waals surface area contributed by atoms with E-state index in [0.717, 1.165) is 5.56 Å². The Morgan fingerprint density at radius 2 is 2.11 bits per heavy atom. The summed E-state index contributed by atoms with van der Waals surface area (Å²) >= 11 is 4.83. The number of aryl methyl sites for hydroxylation is 1. The first-order valence-corrected chi connectivity index (χ1v) is 7.55. The maximum absolute atomic E-state index is 12.4. The number of thiocarbonyl (C=S) groups is 1. The Morgan fingerprint density at radius 1 is 1.50 bits per heavy atom. The molecule has 0 fully saturated rings. The topological polar surface area (TPSA) is 63.4 Å². The quantitative estimate of drug-likeness (QED) is 0.839. The molecule has 100 valence electrons. The summed E-state index contributed by atoms with van der Waals surface area (Å²) in [7, 11) is -2.03. The minimum absolute atomic E-state index is 0.0111. The molecule has 2 N–H and O–H groups in total. The summed E-state index contributed by atoms with van der Waals surface area (Å²) < 4.78 is 26.0. The Labute approximate surface area is 114 Å². The molecule has 0 amide bonds. The van der Waals surface area contributed by atoms with E-state index in [1.165, 1.54) is 11.4 Å². The first-order valence-electron chi connectivity index (χ1n) is 5.64. The summed E-state index contributed by atoms with van der Waals surface area (Å²) in [5, 5.41) is -0.821. The smallest absolute Gasteiger partial charge is 0.244 e. The van der Waals surface area contributed by atoms with Crippen molar-refractivity contribution in [1.82, 2.24) is 0 Å². The number of nitrogens with two attached hydrogens (primary N) is 1. The van der Waals surface area contributed by atoms with Gasteiger partial charge < -0.3 is 5.73 Å². The van der Waals surface area contributed by atoms with Gasteiger partial charge in [0.05, 0.1) is 10.7 Å². The van der Waals surface area contributed by atoms with Crippen molar-refractivity contribution in [1.29, 1.82) is 0 Å². The lowest BCUT2D eigenvalue weighted by molar-refractivity contribution is 0.587.